The van der Waals surface area contributed by atoms with Crippen molar-refractivity contribution in [2.75, 3.05) is 17.4 Å². The van der Waals surface area contributed by atoms with Gasteiger partial charge < -0.3 is 10.2 Å². The highest BCUT2D eigenvalue weighted by Crippen LogP contribution is 2.29. The van der Waals surface area contributed by atoms with Gasteiger partial charge >= 0.3 is 0 Å². The van der Waals surface area contributed by atoms with Crippen LogP contribution < -0.4 is 9.62 Å². The molecule has 7 nitrogen and oxygen atoms in total. The first-order chi connectivity index (χ1) is 18.4. The molecule has 1 atom stereocenters. The third-order valence-corrected chi connectivity index (χ3v) is 8.67. The minimum absolute atomic E-state index is 0.0174. The number of halogens is 4. The lowest BCUT2D eigenvalue weighted by atomic mass is 10.1. The van der Waals surface area contributed by atoms with Crippen molar-refractivity contribution in [3.8, 4) is 0 Å². The number of carbonyl (C=O) groups is 2. The second-order valence-corrected chi connectivity index (χ2v) is 11.7. The zero-order chi connectivity index (χ0) is 28.7. The molecule has 0 aliphatic heterocycles. The Balaban J connectivity index is 2.04. The van der Waals surface area contributed by atoms with Gasteiger partial charge in [0.25, 0.3) is 10.0 Å². The van der Waals surface area contributed by atoms with Gasteiger partial charge in [0.15, 0.2) is 0 Å². The Morgan fingerprint density at radius 3 is 2.26 bits per heavy atom. The van der Waals surface area contributed by atoms with E-state index in [9.17, 15) is 22.4 Å². The first-order valence-electron chi connectivity index (χ1n) is 12.0. The van der Waals surface area contributed by atoms with Crippen molar-refractivity contribution in [1.82, 2.24) is 10.2 Å². The van der Waals surface area contributed by atoms with Crippen LogP contribution in [-0.4, -0.2) is 44.3 Å². The number of amides is 2. The van der Waals surface area contributed by atoms with Crippen molar-refractivity contribution in [3.05, 3.63) is 93.2 Å². The number of anilines is 1. The zero-order valence-corrected chi connectivity index (χ0v) is 24.3. The molecule has 3 aromatic rings. The molecule has 0 saturated heterocycles. The summed E-state index contributed by atoms with van der Waals surface area (Å²) in [5.41, 5.74) is 0.561. The smallest absolute Gasteiger partial charge is 0.264 e. The predicted octanol–water partition coefficient (Wildman–Crippen LogP) is 5.92. The van der Waals surface area contributed by atoms with Crippen LogP contribution >= 0.6 is 34.8 Å². The number of hydrogen-bond donors (Lipinski definition) is 1. The molecule has 39 heavy (non-hydrogen) atoms. The molecule has 3 aromatic carbocycles. The van der Waals surface area contributed by atoms with Crippen LogP contribution in [0.3, 0.4) is 0 Å². The van der Waals surface area contributed by atoms with Gasteiger partial charge in [-0.1, -0.05) is 66.0 Å². The van der Waals surface area contributed by atoms with Crippen molar-refractivity contribution < 1.29 is 22.4 Å². The molecule has 0 radical (unpaired) electrons. The fourth-order valence-corrected chi connectivity index (χ4v) is 5.62. The summed E-state index contributed by atoms with van der Waals surface area (Å²) in [6.07, 6.45) is 0.688. The summed E-state index contributed by atoms with van der Waals surface area (Å²) in [5, 5.41) is 3.03. The van der Waals surface area contributed by atoms with E-state index in [0.29, 0.717) is 23.6 Å². The summed E-state index contributed by atoms with van der Waals surface area (Å²) in [6.45, 7) is 3.10. The fraction of sp³-hybridized carbons (Fsp3) is 0.259. The first kappa shape index (κ1) is 30.7. The van der Waals surface area contributed by atoms with E-state index in [1.807, 2.05) is 6.92 Å². The third-order valence-electron chi connectivity index (χ3n) is 5.85. The summed E-state index contributed by atoms with van der Waals surface area (Å²) in [7, 11) is -4.29. The van der Waals surface area contributed by atoms with Gasteiger partial charge in [-0.05, 0) is 61.4 Å². The number of hydrogen-bond acceptors (Lipinski definition) is 4. The maximum atomic E-state index is 13.9. The van der Waals surface area contributed by atoms with Crippen molar-refractivity contribution in [1.29, 1.82) is 0 Å². The van der Waals surface area contributed by atoms with Gasteiger partial charge in [-0.15, -0.1) is 0 Å². The van der Waals surface area contributed by atoms with Crippen LogP contribution in [0.15, 0.2) is 71.6 Å². The van der Waals surface area contributed by atoms with Crippen molar-refractivity contribution in [3.63, 3.8) is 0 Å². The Labute approximate surface area is 242 Å². The molecule has 0 aliphatic carbocycles. The van der Waals surface area contributed by atoms with Crippen molar-refractivity contribution >= 4 is 62.3 Å². The summed E-state index contributed by atoms with van der Waals surface area (Å²) >= 11 is 18.2. The van der Waals surface area contributed by atoms with E-state index in [4.69, 9.17) is 34.8 Å². The van der Waals surface area contributed by atoms with E-state index in [-0.39, 0.29) is 27.2 Å². The lowest BCUT2D eigenvalue weighted by Crippen LogP contribution is -2.51. The first-order valence-corrected chi connectivity index (χ1v) is 14.6. The molecule has 1 N–H and O–H groups in total. The average molecular weight is 615 g/mol. The Morgan fingerprint density at radius 2 is 1.64 bits per heavy atom. The summed E-state index contributed by atoms with van der Waals surface area (Å²) in [4.78, 5) is 27.9. The van der Waals surface area contributed by atoms with Gasteiger partial charge in [0, 0.05) is 13.1 Å². The van der Waals surface area contributed by atoms with Crippen LogP contribution in [0.1, 0.15) is 25.8 Å². The quantitative estimate of drug-likeness (QED) is 0.290. The van der Waals surface area contributed by atoms with E-state index in [1.54, 1.807) is 43.3 Å². The monoisotopic (exact) mass is 613 g/mol. The van der Waals surface area contributed by atoms with E-state index in [0.717, 1.165) is 16.4 Å². The van der Waals surface area contributed by atoms with E-state index in [2.05, 4.69) is 5.32 Å². The molecule has 0 aliphatic rings. The molecular formula is C27H27Cl3FN3O4S. The van der Waals surface area contributed by atoms with Crippen LogP contribution in [0.4, 0.5) is 10.1 Å². The normalized spacial score (nSPS) is 12.1. The molecule has 3 rings (SSSR count). The highest BCUT2D eigenvalue weighted by Gasteiger charge is 2.32. The van der Waals surface area contributed by atoms with Crippen molar-refractivity contribution in [2.24, 2.45) is 0 Å². The van der Waals surface area contributed by atoms with Gasteiger partial charge in [-0.2, -0.15) is 0 Å². The van der Waals surface area contributed by atoms with E-state index in [1.165, 1.54) is 23.1 Å². The Hall–Kier alpha value is -2.85. The zero-order valence-electron chi connectivity index (χ0n) is 21.2. The summed E-state index contributed by atoms with van der Waals surface area (Å²) in [5.74, 6) is -1.83. The predicted molar refractivity (Wildman–Crippen MR) is 152 cm³/mol. The molecule has 12 heteroatoms. The Bertz CT molecular complexity index is 1440. The van der Waals surface area contributed by atoms with Gasteiger partial charge in [0.2, 0.25) is 11.8 Å². The Kier molecular flexibility index (Phi) is 10.6. The van der Waals surface area contributed by atoms with E-state index >= 15 is 0 Å². The molecule has 0 aromatic heterocycles. The molecule has 0 saturated carbocycles. The molecule has 2 amide bonds. The van der Waals surface area contributed by atoms with Gasteiger partial charge in [0.05, 0.1) is 25.7 Å². The minimum atomic E-state index is -4.29. The van der Waals surface area contributed by atoms with Gasteiger partial charge in [-0.25, -0.2) is 12.8 Å². The second kappa shape index (κ2) is 13.5. The number of carbonyl (C=O) groups excluding carboxylic acids is 2. The van der Waals surface area contributed by atoms with E-state index < -0.39 is 40.2 Å². The standard InChI is InChI=1S/C27H27Cl3FN3O4S/c1-3-13-32-27(36)18(2)33(16-19-9-11-22(28)23(29)14-19)26(35)17-34(20-10-12-25(31)24(30)15-20)39(37,38)21-7-5-4-6-8-21/h4-12,14-15,18H,3,13,16-17H2,1-2H3,(H,32,36)/t18-/m0/s1. The fourth-order valence-electron chi connectivity index (χ4n) is 3.70. The summed E-state index contributed by atoms with van der Waals surface area (Å²) in [6, 6.07) is 14.7. The largest absolute Gasteiger partial charge is 0.354 e. The van der Waals surface area contributed by atoms with Gasteiger partial charge in [0.1, 0.15) is 18.4 Å². The molecule has 0 unspecified atom stereocenters. The van der Waals surface area contributed by atoms with Crippen LogP contribution in [0.25, 0.3) is 0 Å². The molecule has 0 bridgehead atoms. The number of sulfonamides is 1. The molecule has 0 heterocycles. The van der Waals surface area contributed by atoms with Crippen molar-refractivity contribution in [2.45, 2.75) is 37.8 Å². The highest BCUT2D eigenvalue weighted by molar-refractivity contribution is 7.92. The number of rotatable bonds is 11. The molecular weight excluding hydrogens is 588 g/mol. The third kappa shape index (κ3) is 7.63. The molecule has 0 fully saturated rings. The second-order valence-electron chi connectivity index (χ2n) is 8.66. The topological polar surface area (TPSA) is 86.8 Å². The molecule has 0 spiro atoms. The SMILES string of the molecule is CCCNC(=O)[C@H](C)N(Cc1ccc(Cl)c(Cl)c1)C(=O)CN(c1ccc(F)c(Cl)c1)S(=O)(=O)c1ccccc1. The number of nitrogens with one attached hydrogen (secondary N) is 1. The van der Waals surface area contributed by atoms with Crippen LogP contribution in [0.5, 0.6) is 0 Å². The highest BCUT2D eigenvalue weighted by atomic mass is 35.5. The Morgan fingerprint density at radius 1 is 0.949 bits per heavy atom. The lowest BCUT2D eigenvalue weighted by molar-refractivity contribution is -0.139. The van der Waals surface area contributed by atoms with Crippen LogP contribution in [0.2, 0.25) is 15.1 Å². The van der Waals surface area contributed by atoms with Gasteiger partial charge in [-0.3, -0.25) is 13.9 Å². The average Bonchev–Trinajstić information content (AvgIpc) is 2.92. The number of nitrogens with zero attached hydrogens (tertiary/aromatic N) is 2. The maximum Gasteiger partial charge on any atom is 0.264 e. The molecule has 208 valence electrons. The van der Waals surface area contributed by atoms with Crippen LogP contribution in [-0.2, 0) is 26.2 Å². The van der Waals surface area contributed by atoms with Crippen LogP contribution in [0, 0.1) is 5.82 Å². The lowest BCUT2D eigenvalue weighted by Gasteiger charge is -2.32. The summed E-state index contributed by atoms with van der Waals surface area (Å²) < 4.78 is 42.1. The maximum absolute atomic E-state index is 13.9. The minimum Gasteiger partial charge on any atom is -0.354 e. The number of benzene rings is 3.